The monoisotopic (exact) mass is 347 g/mol. The second-order valence-corrected chi connectivity index (χ2v) is 7.46. The molecule has 3 aromatic rings. The molecule has 0 N–H and O–H groups in total. The minimum atomic E-state index is -3.66. The lowest BCUT2D eigenvalue weighted by atomic mass is 10.1. The topological polar surface area (TPSA) is 69.3 Å². The van der Waals surface area contributed by atoms with Crippen LogP contribution < -0.4 is 5.76 Å². The average Bonchev–Trinajstić information content (AvgIpc) is 2.87. The van der Waals surface area contributed by atoms with E-state index in [1.165, 1.54) is 23.0 Å². The SMILES string of the molecule is Cc1cccc(-n2c(-c3ccc(S(C)(=O)=O)c(F)c3)coc2=O)c1. The van der Waals surface area contributed by atoms with Gasteiger partial charge in [-0.25, -0.2) is 22.2 Å². The van der Waals surface area contributed by atoms with E-state index >= 15 is 0 Å². The maximum absolute atomic E-state index is 14.1. The van der Waals surface area contributed by atoms with Crippen LogP contribution in [0.25, 0.3) is 16.9 Å². The number of oxazole rings is 1. The van der Waals surface area contributed by atoms with E-state index in [-0.39, 0.29) is 4.90 Å². The van der Waals surface area contributed by atoms with Crippen LogP contribution in [-0.4, -0.2) is 19.2 Å². The molecule has 0 aliphatic heterocycles. The van der Waals surface area contributed by atoms with Crippen molar-refractivity contribution in [3.63, 3.8) is 0 Å². The molecule has 7 heteroatoms. The number of sulfone groups is 1. The Bertz CT molecular complexity index is 1080. The lowest BCUT2D eigenvalue weighted by Gasteiger charge is -2.08. The highest BCUT2D eigenvalue weighted by molar-refractivity contribution is 7.90. The molecule has 0 saturated carbocycles. The van der Waals surface area contributed by atoms with Gasteiger partial charge in [0.15, 0.2) is 9.84 Å². The minimum absolute atomic E-state index is 0.338. The molecule has 0 radical (unpaired) electrons. The number of hydrogen-bond donors (Lipinski definition) is 0. The molecule has 0 amide bonds. The zero-order chi connectivity index (χ0) is 17.5. The molecule has 5 nitrogen and oxygen atoms in total. The normalized spacial score (nSPS) is 11.6. The molecule has 124 valence electrons. The second kappa shape index (κ2) is 5.76. The molecule has 0 aliphatic carbocycles. The van der Waals surface area contributed by atoms with Crippen molar-refractivity contribution in [1.82, 2.24) is 4.57 Å². The van der Waals surface area contributed by atoms with Gasteiger partial charge in [0.2, 0.25) is 0 Å². The van der Waals surface area contributed by atoms with Crippen molar-refractivity contribution >= 4 is 9.84 Å². The molecule has 1 heterocycles. The Balaban J connectivity index is 2.19. The Morgan fingerprint density at radius 2 is 1.88 bits per heavy atom. The molecule has 2 aromatic carbocycles. The van der Waals surface area contributed by atoms with E-state index in [0.717, 1.165) is 17.9 Å². The summed E-state index contributed by atoms with van der Waals surface area (Å²) in [5.41, 5.74) is 2.21. The summed E-state index contributed by atoms with van der Waals surface area (Å²) in [4.78, 5) is 11.7. The smallest absolute Gasteiger partial charge is 0.415 e. The van der Waals surface area contributed by atoms with Crippen molar-refractivity contribution in [2.75, 3.05) is 6.26 Å². The van der Waals surface area contributed by atoms with E-state index in [0.29, 0.717) is 16.9 Å². The summed E-state index contributed by atoms with van der Waals surface area (Å²) in [6, 6.07) is 10.9. The van der Waals surface area contributed by atoms with Crippen LogP contribution in [0.2, 0.25) is 0 Å². The van der Waals surface area contributed by atoms with Gasteiger partial charge in [0.1, 0.15) is 17.0 Å². The Morgan fingerprint density at radius 1 is 1.12 bits per heavy atom. The number of nitrogens with zero attached hydrogens (tertiary/aromatic N) is 1. The van der Waals surface area contributed by atoms with Gasteiger partial charge in [0, 0.05) is 11.8 Å². The van der Waals surface area contributed by atoms with Crippen molar-refractivity contribution in [2.45, 2.75) is 11.8 Å². The van der Waals surface area contributed by atoms with E-state index in [9.17, 15) is 17.6 Å². The number of aromatic nitrogens is 1. The van der Waals surface area contributed by atoms with E-state index in [4.69, 9.17) is 4.42 Å². The summed E-state index contributed by atoms with van der Waals surface area (Å²) >= 11 is 0. The molecule has 24 heavy (non-hydrogen) atoms. The van der Waals surface area contributed by atoms with Crippen LogP contribution in [0.15, 0.2) is 62.8 Å². The van der Waals surface area contributed by atoms with Crippen LogP contribution in [0.4, 0.5) is 4.39 Å². The first-order chi connectivity index (χ1) is 11.3. The van der Waals surface area contributed by atoms with Gasteiger partial charge in [-0.05, 0) is 36.8 Å². The molecular formula is C17H14FNO4S. The third kappa shape index (κ3) is 2.90. The maximum Gasteiger partial charge on any atom is 0.424 e. The third-order valence-corrected chi connectivity index (χ3v) is 4.71. The van der Waals surface area contributed by atoms with Crippen LogP contribution in [0, 0.1) is 12.7 Å². The van der Waals surface area contributed by atoms with E-state index in [2.05, 4.69) is 0 Å². The van der Waals surface area contributed by atoms with Gasteiger partial charge in [0.05, 0.1) is 11.4 Å². The van der Waals surface area contributed by atoms with Gasteiger partial charge in [-0.1, -0.05) is 18.2 Å². The molecule has 0 unspecified atom stereocenters. The van der Waals surface area contributed by atoms with Gasteiger partial charge >= 0.3 is 5.76 Å². The molecule has 1 aromatic heterocycles. The molecule has 0 bridgehead atoms. The fourth-order valence-corrected chi connectivity index (χ4v) is 3.21. The molecule has 0 aliphatic rings. The fraction of sp³-hybridized carbons (Fsp3) is 0.118. The fourth-order valence-electron chi connectivity index (χ4n) is 2.48. The summed E-state index contributed by atoms with van der Waals surface area (Å²) in [5.74, 6) is -1.48. The highest BCUT2D eigenvalue weighted by Gasteiger charge is 2.18. The number of aryl methyl sites for hydroxylation is 1. The summed E-state index contributed by atoms with van der Waals surface area (Å²) in [5, 5.41) is 0. The van der Waals surface area contributed by atoms with Crippen molar-refractivity contribution in [3.8, 4) is 16.9 Å². The first-order valence-electron chi connectivity index (χ1n) is 7.05. The Labute approximate surface area is 137 Å². The van der Waals surface area contributed by atoms with Crippen LogP contribution in [0.5, 0.6) is 0 Å². The summed E-state index contributed by atoms with van der Waals surface area (Å²) < 4.78 is 43.4. The van der Waals surface area contributed by atoms with Gasteiger partial charge in [0.25, 0.3) is 0 Å². The molecule has 3 rings (SSSR count). The van der Waals surface area contributed by atoms with Crippen molar-refractivity contribution < 1.29 is 17.2 Å². The van der Waals surface area contributed by atoms with Gasteiger partial charge < -0.3 is 4.42 Å². The number of rotatable bonds is 3. The summed E-state index contributed by atoms with van der Waals surface area (Å²) in [6.45, 7) is 1.88. The maximum atomic E-state index is 14.1. The van der Waals surface area contributed by atoms with Gasteiger partial charge in [-0.15, -0.1) is 0 Å². The molecule has 0 atom stereocenters. The first kappa shape index (κ1) is 16.2. The zero-order valence-electron chi connectivity index (χ0n) is 13.0. The lowest BCUT2D eigenvalue weighted by molar-refractivity contribution is 0.504. The molecule has 0 saturated heterocycles. The zero-order valence-corrected chi connectivity index (χ0v) is 13.8. The largest absolute Gasteiger partial charge is 0.424 e. The number of halogens is 1. The van der Waals surface area contributed by atoms with Crippen LogP contribution >= 0.6 is 0 Å². The standard InChI is InChI=1S/C17H14FNO4S/c1-11-4-3-5-13(8-11)19-15(10-23-17(19)20)12-6-7-16(14(18)9-12)24(2,21)22/h3-10H,1-2H3. The average molecular weight is 347 g/mol. The van der Waals surface area contributed by atoms with Crippen molar-refractivity contribution in [1.29, 1.82) is 0 Å². The quantitative estimate of drug-likeness (QED) is 0.730. The van der Waals surface area contributed by atoms with Crippen molar-refractivity contribution in [3.05, 3.63) is 70.7 Å². The predicted octanol–water partition coefficient (Wildman–Crippen LogP) is 2.95. The number of benzene rings is 2. The van der Waals surface area contributed by atoms with E-state index < -0.39 is 21.4 Å². The van der Waals surface area contributed by atoms with Crippen molar-refractivity contribution in [2.24, 2.45) is 0 Å². The van der Waals surface area contributed by atoms with E-state index in [1.807, 2.05) is 13.0 Å². The second-order valence-electron chi connectivity index (χ2n) is 5.48. The predicted molar refractivity (Wildman–Crippen MR) is 87.5 cm³/mol. The Kier molecular flexibility index (Phi) is 3.88. The van der Waals surface area contributed by atoms with Crippen LogP contribution in [0.1, 0.15) is 5.56 Å². The highest BCUT2D eigenvalue weighted by Crippen LogP contribution is 2.25. The minimum Gasteiger partial charge on any atom is -0.415 e. The Morgan fingerprint density at radius 3 is 2.50 bits per heavy atom. The highest BCUT2D eigenvalue weighted by atomic mass is 32.2. The third-order valence-electron chi connectivity index (χ3n) is 3.58. The molecule has 0 fully saturated rings. The first-order valence-corrected chi connectivity index (χ1v) is 8.94. The molecule has 0 spiro atoms. The van der Waals surface area contributed by atoms with Gasteiger partial charge in [-0.3, -0.25) is 0 Å². The summed E-state index contributed by atoms with van der Waals surface area (Å²) in [6.07, 6.45) is 2.16. The number of hydrogen-bond acceptors (Lipinski definition) is 4. The van der Waals surface area contributed by atoms with E-state index in [1.54, 1.807) is 18.2 Å². The lowest BCUT2D eigenvalue weighted by Crippen LogP contribution is -2.13. The summed E-state index contributed by atoms with van der Waals surface area (Å²) in [7, 11) is -3.66. The van der Waals surface area contributed by atoms with Gasteiger partial charge in [-0.2, -0.15) is 0 Å². The van der Waals surface area contributed by atoms with Crippen LogP contribution in [-0.2, 0) is 9.84 Å². The van der Waals surface area contributed by atoms with Crippen LogP contribution in [0.3, 0.4) is 0 Å². The molecular weight excluding hydrogens is 333 g/mol. The Hall–Kier alpha value is -2.67.